The van der Waals surface area contributed by atoms with Gasteiger partial charge in [0.15, 0.2) is 0 Å². The summed E-state index contributed by atoms with van der Waals surface area (Å²) in [5, 5.41) is 0. The molecule has 0 saturated carbocycles. The Kier molecular flexibility index (Phi) is 0.664. The van der Waals surface area contributed by atoms with Crippen LogP contribution in [0.3, 0.4) is 0 Å². The molecular formula is C5H9NO. The van der Waals surface area contributed by atoms with Crippen molar-refractivity contribution in [3.05, 3.63) is 0 Å². The molecule has 0 spiro atoms. The highest BCUT2D eigenvalue weighted by Gasteiger charge is 2.29. The molecule has 7 heavy (non-hydrogen) atoms. The predicted molar refractivity (Wildman–Crippen MR) is 26.2 cm³/mol. The Bertz CT molecular complexity index is 66.1. The minimum Gasteiger partial charge on any atom is -0.372 e. The molecule has 0 N–H and O–H groups in total. The molecular weight excluding hydrogens is 90.1 g/mol. The van der Waals surface area contributed by atoms with Gasteiger partial charge in [0.05, 0.1) is 12.7 Å². The summed E-state index contributed by atoms with van der Waals surface area (Å²) in [5.41, 5.74) is 0. The van der Waals surface area contributed by atoms with Crippen molar-refractivity contribution in [1.29, 1.82) is 0 Å². The monoisotopic (exact) mass is 99.1 g/mol. The minimum atomic E-state index is 0.613. The summed E-state index contributed by atoms with van der Waals surface area (Å²) in [6.07, 6.45) is 0.613. The Hall–Kier alpha value is -0.0800. The zero-order valence-corrected chi connectivity index (χ0v) is 4.26. The van der Waals surface area contributed by atoms with Gasteiger partial charge in [0.25, 0.3) is 0 Å². The maximum atomic E-state index is 5.02. The number of nitrogens with zero attached hydrogens (tertiary/aromatic N) is 1. The van der Waals surface area contributed by atoms with Crippen LogP contribution >= 0.6 is 0 Å². The average molecular weight is 99.1 g/mol. The molecule has 1 atom stereocenters. The highest BCUT2D eigenvalue weighted by molar-refractivity contribution is 4.81. The number of hydrogen-bond donors (Lipinski definition) is 0. The Balaban J connectivity index is 1.69. The van der Waals surface area contributed by atoms with Crippen LogP contribution in [-0.2, 0) is 4.74 Å². The molecule has 0 aromatic carbocycles. The largest absolute Gasteiger partial charge is 0.372 e. The fourth-order valence-corrected chi connectivity index (χ4v) is 0.715. The maximum absolute atomic E-state index is 5.02. The van der Waals surface area contributed by atoms with Crippen LogP contribution in [0.2, 0.25) is 0 Å². The Morgan fingerprint density at radius 3 is 2.71 bits per heavy atom. The van der Waals surface area contributed by atoms with Gasteiger partial charge < -0.3 is 4.74 Å². The van der Waals surface area contributed by atoms with Crippen LogP contribution in [0.1, 0.15) is 0 Å². The standard InChI is InChI=1S/C5H9NO/c1-2-6(1)3-5-4-7-5/h5H,1-4H2. The van der Waals surface area contributed by atoms with Crippen molar-refractivity contribution in [2.24, 2.45) is 0 Å². The summed E-state index contributed by atoms with van der Waals surface area (Å²) in [4.78, 5) is 2.39. The van der Waals surface area contributed by atoms with E-state index in [1.54, 1.807) is 0 Å². The lowest BCUT2D eigenvalue weighted by molar-refractivity contribution is 0.370. The number of epoxide rings is 1. The molecule has 2 saturated heterocycles. The predicted octanol–water partition coefficient (Wildman–Crippen LogP) is -0.299. The molecule has 2 aliphatic rings. The van der Waals surface area contributed by atoms with Crippen molar-refractivity contribution in [2.75, 3.05) is 26.2 Å². The summed E-state index contributed by atoms with van der Waals surface area (Å²) in [6, 6.07) is 0. The Morgan fingerprint density at radius 2 is 2.29 bits per heavy atom. The number of ether oxygens (including phenoxy) is 1. The molecule has 1 unspecified atom stereocenters. The smallest absolute Gasteiger partial charge is 0.0936 e. The normalized spacial score (nSPS) is 38.6. The zero-order chi connectivity index (χ0) is 4.69. The molecule has 40 valence electrons. The quantitative estimate of drug-likeness (QED) is 0.442. The Labute approximate surface area is 43.1 Å². The van der Waals surface area contributed by atoms with E-state index >= 15 is 0 Å². The van der Waals surface area contributed by atoms with Crippen LogP contribution in [0.25, 0.3) is 0 Å². The molecule has 2 heterocycles. The minimum absolute atomic E-state index is 0.613. The first-order valence-corrected chi connectivity index (χ1v) is 2.79. The first kappa shape index (κ1) is 3.87. The summed E-state index contributed by atoms with van der Waals surface area (Å²) in [5.74, 6) is 0. The van der Waals surface area contributed by atoms with Gasteiger partial charge >= 0.3 is 0 Å². The second kappa shape index (κ2) is 1.20. The van der Waals surface area contributed by atoms with Gasteiger partial charge in [-0.05, 0) is 0 Å². The van der Waals surface area contributed by atoms with Crippen LogP contribution in [0, 0.1) is 0 Å². The molecule has 0 aromatic heterocycles. The summed E-state index contributed by atoms with van der Waals surface area (Å²) < 4.78 is 5.02. The third-order valence-electron chi connectivity index (χ3n) is 1.40. The molecule has 0 amide bonds. The molecule has 0 bridgehead atoms. The van der Waals surface area contributed by atoms with E-state index < -0.39 is 0 Å². The first-order chi connectivity index (χ1) is 3.45. The molecule has 2 rings (SSSR count). The van der Waals surface area contributed by atoms with E-state index in [-0.39, 0.29) is 0 Å². The van der Waals surface area contributed by atoms with Gasteiger partial charge in [-0.15, -0.1) is 0 Å². The van der Waals surface area contributed by atoms with E-state index in [9.17, 15) is 0 Å². The summed E-state index contributed by atoms with van der Waals surface area (Å²) in [7, 11) is 0. The van der Waals surface area contributed by atoms with Gasteiger partial charge in [-0.25, -0.2) is 0 Å². The highest BCUT2D eigenvalue weighted by Crippen LogP contribution is 2.14. The van der Waals surface area contributed by atoms with Crippen molar-refractivity contribution >= 4 is 0 Å². The second-order valence-corrected chi connectivity index (χ2v) is 2.26. The Morgan fingerprint density at radius 1 is 1.57 bits per heavy atom. The lowest BCUT2D eigenvalue weighted by Gasteiger charge is -1.89. The molecule has 2 fully saturated rings. The van der Waals surface area contributed by atoms with Crippen LogP contribution < -0.4 is 0 Å². The molecule has 0 aromatic rings. The fourth-order valence-electron chi connectivity index (χ4n) is 0.715. The third-order valence-corrected chi connectivity index (χ3v) is 1.40. The SMILES string of the molecule is C1OC1CN1CC1. The maximum Gasteiger partial charge on any atom is 0.0936 e. The van der Waals surface area contributed by atoms with Crippen LogP contribution in [-0.4, -0.2) is 37.2 Å². The lowest BCUT2D eigenvalue weighted by atomic mass is 10.5. The molecule has 2 nitrogen and oxygen atoms in total. The van der Waals surface area contributed by atoms with Crippen LogP contribution in [0.4, 0.5) is 0 Å². The van der Waals surface area contributed by atoms with Crippen molar-refractivity contribution in [3.8, 4) is 0 Å². The van der Waals surface area contributed by atoms with E-state index in [4.69, 9.17) is 4.74 Å². The van der Waals surface area contributed by atoms with Crippen molar-refractivity contribution in [2.45, 2.75) is 6.10 Å². The van der Waals surface area contributed by atoms with Crippen LogP contribution in [0.15, 0.2) is 0 Å². The van der Waals surface area contributed by atoms with Gasteiger partial charge in [0, 0.05) is 19.6 Å². The van der Waals surface area contributed by atoms with Gasteiger partial charge in [-0.1, -0.05) is 0 Å². The molecule has 2 aliphatic heterocycles. The molecule has 2 heteroatoms. The lowest BCUT2D eigenvalue weighted by Crippen LogP contribution is -2.05. The van der Waals surface area contributed by atoms with E-state index in [0.717, 1.165) is 6.61 Å². The van der Waals surface area contributed by atoms with E-state index in [1.807, 2.05) is 0 Å². The van der Waals surface area contributed by atoms with Gasteiger partial charge in [0.1, 0.15) is 0 Å². The average Bonchev–Trinajstić information content (AvgIpc) is 2.33. The third kappa shape index (κ3) is 0.924. The topological polar surface area (TPSA) is 15.5 Å². The van der Waals surface area contributed by atoms with Gasteiger partial charge in [-0.2, -0.15) is 0 Å². The van der Waals surface area contributed by atoms with Crippen molar-refractivity contribution < 1.29 is 4.74 Å². The van der Waals surface area contributed by atoms with Gasteiger partial charge in [-0.3, -0.25) is 4.90 Å². The highest BCUT2D eigenvalue weighted by atomic mass is 16.6. The fraction of sp³-hybridized carbons (Fsp3) is 1.00. The van der Waals surface area contributed by atoms with Crippen molar-refractivity contribution in [3.63, 3.8) is 0 Å². The van der Waals surface area contributed by atoms with E-state index in [2.05, 4.69) is 4.90 Å². The zero-order valence-electron chi connectivity index (χ0n) is 4.26. The first-order valence-electron chi connectivity index (χ1n) is 2.79. The number of hydrogen-bond acceptors (Lipinski definition) is 2. The van der Waals surface area contributed by atoms with E-state index in [0.29, 0.717) is 6.10 Å². The number of rotatable bonds is 2. The second-order valence-electron chi connectivity index (χ2n) is 2.26. The van der Waals surface area contributed by atoms with Gasteiger partial charge in [0.2, 0.25) is 0 Å². The molecule has 0 aliphatic carbocycles. The summed E-state index contributed by atoms with van der Waals surface area (Å²) in [6.45, 7) is 4.82. The summed E-state index contributed by atoms with van der Waals surface area (Å²) >= 11 is 0. The van der Waals surface area contributed by atoms with Crippen molar-refractivity contribution in [1.82, 2.24) is 4.90 Å². The molecule has 0 radical (unpaired) electrons. The van der Waals surface area contributed by atoms with Crippen LogP contribution in [0.5, 0.6) is 0 Å². The van der Waals surface area contributed by atoms with E-state index in [1.165, 1.54) is 19.6 Å².